The molecule has 2 rings (SSSR count). The number of likely N-dealkylation sites (tertiary alicyclic amines) is 1. The van der Waals surface area contributed by atoms with E-state index in [1.807, 2.05) is 28.7 Å². The second kappa shape index (κ2) is 7.11. The number of aliphatic carboxylic acids is 1. The highest BCUT2D eigenvalue weighted by molar-refractivity contribution is 9.10. The van der Waals surface area contributed by atoms with Gasteiger partial charge in [-0.1, -0.05) is 0 Å². The van der Waals surface area contributed by atoms with Gasteiger partial charge in [0.25, 0.3) is 5.91 Å². The molecule has 1 aromatic heterocycles. The van der Waals surface area contributed by atoms with Crippen molar-refractivity contribution >= 4 is 27.8 Å². The molecule has 1 amide bonds. The molecule has 0 aliphatic carbocycles. The van der Waals surface area contributed by atoms with Crippen LogP contribution in [-0.4, -0.2) is 39.0 Å². The lowest BCUT2D eigenvalue weighted by molar-refractivity contribution is -0.137. The maximum atomic E-state index is 12.8. The van der Waals surface area contributed by atoms with E-state index < -0.39 is 5.97 Å². The van der Waals surface area contributed by atoms with E-state index in [1.165, 1.54) is 0 Å². The number of carboxylic acids is 1. The minimum atomic E-state index is -0.798. The molecule has 1 N–H and O–H groups in total. The molecule has 0 radical (unpaired) electrons. The number of aromatic nitrogens is 1. The molecule has 1 unspecified atom stereocenters. The van der Waals surface area contributed by atoms with Crippen molar-refractivity contribution in [3.63, 3.8) is 0 Å². The fourth-order valence-electron chi connectivity index (χ4n) is 2.92. The van der Waals surface area contributed by atoms with Crippen LogP contribution in [0.4, 0.5) is 0 Å². The van der Waals surface area contributed by atoms with Crippen molar-refractivity contribution in [3.05, 3.63) is 22.4 Å². The summed E-state index contributed by atoms with van der Waals surface area (Å²) in [5.74, 6) is -0.787. The number of hydrogen-bond acceptors (Lipinski definition) is 2. The highest BCUT2D eigenvalue weighted by Crippen LogP contribution is 2.25. The quantitative estimate of drug-likeness (QED) is 0.881. The molecule has 1 aromatic rings. The third kappa shape index (κ3) is 3.87. The topological polar surface area (TPSA) is 62.5 Å². The number of rotatable bonds is 5. The summed E-state index contributed by atoms with van der Waals surface area (Å²) in [5, 5.41) is 8.86. The number of nitrogens with zero attached hydrogens (tertiary/aromatic N) is 2. The monoisotopic (exact) mass is 356 g/mol. The van der Waals surface area contributed by atoms with Gasteiger partial charge in [0.2, 0.25) is 0 Å². The van der Waals surface area contributed by atoms with Gasteiger partial charge in [0.15, 0.2) is 0 Å². The lowest BCUT2D eigenvalue weighted by Gasteiger charge is -2.35. The average Bonchev–Trinajstić information content (AvgIpc) is 2.85. The predicted molar refractivity (Wildman–Crippen MR) is 83.4 cm³/mol. The molecular formula is C15H21BrN2O3. The van der Waals surface area contributed by atoms with Gasteiger partial charge in [-0.3, -0.25) is 9.59 Å². The number of piperidine rings is 1. The molecule has 1 fully saturated rings. The highest BCUT2D eigenvalue weighted by Gasteiger charge is 2.29. The van der Waals surface area contributed by atoms with Crippen molar-refractivity contribution in [2.24, 2.45) is 0 Å². The van der Waals surface area contributed by atoms with E-state index in [9.17, 15) is 9.59 Å². The Hall–Kier alpha value is -1.30. The third-order valence-electron chi connectivity index (χ3n) is 4.00. The molecule has 6 heteroatoms. The summed E-state index contributed by atoms with van der Waals surface area (Å²) >= 11 is 3.41. The van der Waals surface area contributed by atoms with E-state index in [0.717, 1.165) is 36.8 Å². The molecule has 2 heterocycles. The number of carbonyl (C=O) groups is 2. The van der Waals surface area contributed by atoms with Gasteiger partial charge in [-0.05, 0) is 54.6 Å². The maximum absolute atomic E-state index is 12.8. The summed E-state index contributed by atoms with van der Waals surface area (Å²) in [6, 6.07) is 1.88. The normalized spacial score (nSPS) is 18.8. The minimum absolute atomic E-state index is 0.0117. The number of amides is 1. The molecule has 0 saturated carbocycles. The van der Waals surface area contributed by atoms with Crippen molar-refractivity contribution in [2.45, 2.75) is 51.6 Å². The first kappa shape index (κ1) is 16.1. The Labute approximate surface area is 133 Å². The smallest absolute Gasteiger partial charge is 0.303 e. The lowest BCUT2D eigenvalue weighted by Crippen LogP contribution is -2.44. The fraction of sp³-hybridized carbons (Fsp3) is 0.600. The van der Waals surface area contributed by atoms with Gasteiger partial charge >= 0.3 is 5.97 Å². The van der Waals surface area contributed by atoms with E-state index in [1.54, 1.807) is 0 Å². The summed E-state index contributed by atoms with van der Waals surface area (Å²) < 4.78 is 2.82. The van der Waals surface area contributed by atoms with Crippen LogP contribution in [0.3, 0.4) is 0 Å². The van der Waals surface area contributed by atoms with E-state index in [2.05, 4.69) is 15.9 Å². The summed E-state index contributed by atoms with van der Waals surface area (Å²) in [6.07, 6.45) is 5.51. The third-order valence-corrected chi connectivity index (χ3v) is 4.44. The van der Waals surface area contributed by atoms with Crippen LogP contribution in [0.15, 0.2) is 16.7 Å². The minimum Gasteiger partial charge on any atom is -0.481 e. The number of aryl methyl sites for hydroxylation is 1. The van der Waals surface area contributed by atoms with Crippen LogP contribution in [0.2, 0.25) is 0 Å². The highest BCUT2D eigenvalue weighted by atomic mass is 79.9. The SMILES string of the molecule is CCn1cc(Br)cc1C(=O)N1CCCCC1CCC(=O)O. The number of halogens is 1. The van der Waals surface area contributed by atoms with Gasteiger partial charge in [-0.15, -0.1) is 0 Å². The Balaban J connectivity index is 2.15. The van der Waals surface area contributed by atoms with Crippen molar-refractivity contribution in [1.29, 1.82) is 0 Å². The van der Waals surface area contributed by atoms with Crippen LogP contribution in [-0.2, 0) is 11.3 Å². The largest absolute Gasteiger partial charge is 0.481 e. The van der Waals surface area contributed by atoms with Gasteiger partial charge in [0, 0.05) is 36.2 Å². The first-order chi connectivity index (χ1) is 10.0. The fourth-order valence-corrected chi connectivity index (χ4v) is 3.38. The number of carbonyl (C=O) groups excluding carboxylic acids is 1. The van der Waals surface area contributed by atoms with Crippen LogP contribution < -0.4 is 0 Å². The summed E-state index contributed by atoms with van der Waals surface area (Å²) in [4.78, 5) is 25.4. The molecule has 116 valence electrons. The molecule has 1 saturated heterocycles. The zero-order valence-corrected chi connectivity index (χ0v) is 13.8. The van der Waals surface area contributed by atoms with Gasteiger partial charge < -0.3 is 14.6 Å². The Morgan fingerprint density at radius 2 is 2.19 bits per heavy atom. The van der Waals surface area contributed by atoms with E-state index >= 15 is 0 Å². The Bertz CT molecular complexity index is 527. The molecule has 0 spiro atoms. The first-order valence-corrected chi connectivity index (χ1v) is 8.20. The Morgan fingerprint density at radius 3 is 2.86 bits per heavy atom. The zero-order valence-electron chi connectivity index (χ0n) is 12.2. The Morgan fingerprint density at radius 1 is 1.43 bits per heavy atom. The van der Waals surface area contributed by atoms with Crippen LogP contribution in [0.25, 0.3) is 0 Å². The van der Waals surface area contributed by atoms with Gasteiger partial charge in [-0.2, -0.15) is 0 Å². The van der Waals surface area contributed by atoms with Crippen molar-refractivity contribution in [1.82, 2.24) is 9.47 Å². The number of hydrogen-bond donors (Lipinski definition) is 1. The summed E-state index contributed by atoms with van der Waals surface area (Å²) in [7, 11) is 0. The van der Waals surface area contributed by atoms with Crippen LogP contribution >= 0.6 is 15.9 Å². The van der Waals surface area contributed by atoms with Crippen molar-refractivity contribution in [3.8, 4) is 0 Å². The molecule has 5 nitrogen and oxygen atoms in total. The second-order valence-corrected chi connectivity index (χ2v) is 6.33. The molecular weight excluding hydrogens is 336 g/mol. The lowest BCUT2D eigenvalue weighted by atomic mass is 9.97. The maximum Gasteiger partial charge on any atom is 0.303 e. The number of carboxylic acid groups (broad SMARTS) is 1. The standard InChI is InChI=1S/C15H21BrN2O3/c1-2-17-10-11(16)9-13(17)15(21)18-8-4-3-5-12(18)6-7-14(19)20/h9-10,12H,2-8H2,1H3,(H,19,20). The second-order valence-electron chi connectivity index (χ2n) is 5.41. The molecule has 21 heavy (non-hydrogen) atoms. The van der Waals surface area contributed by atoms with Gasteiger partial charge in [0.1, 0.15) is 5.69 Å². The first-order valence-electron chi connectivity index (χ1n) is 7.41. The van der Waals surface area contributed by atoms with E-state index in [-0.39, 0.29) is 18.4 Å². The average molecular weight is 357 g/mol. The summed E-state index contributed by atoms with van der Waals surface area (Å²) in [6.45, 7) is 3.46. The summed E-state index contributed by atoms with van der Waals surface area (Å²) in [5.41, 5.74) is 0.673. The van der Waals surface area contributed by atoms with E-state index in [4.69, 9.17) is 5.11 Å². The predicted octanol–water partition coefficient (Wildman–Crippen LogP) is 3.13. The van der Waals surface area contributed by atoms with Crippen molar-refractivity contribution in [2.75, 3.05) is 6.54 Å². The van der Waals surface area contributed by atoms with Crippen LogP contribution in [0.1, 0.15) is 49.5 Å². The van der Waals surface area contributed by atoms with Crippen LogP contribution in [0, 0.1) is 0 Å². The van der Waals surface area contributed by atoms with Crippen molar-refractivity contribution < 1.29 is 14.7 Å². The van der Waals surface area contributed by atoms with Gasteiger partial charge in [-0.25, -0.2) is 0 Å². The van der Waals surface area contributed by atoms with E-state index in [0.29, 0.717) is 12.1 Å². The van der Waals surface area contributed by atoms with Crippen LogP contribution in [0.5, 0.6) is 0 Å². The van der Waals surface area contributed by atoms with Gasteiger partial charge in [0.05, 0.1) is 0 Å². The molecule has 1 aliphatic rings. The molecule has 1 aliphatic heterocycles. The zero-order chi connectivity index (χ0) is 15.4. The molecule has 0 aromatic carbocycles. The Kier molecular flexibility index (Phi) is 5.45. The molecule has 0 bridgehead atoms. The molecule has 1 atom stereocenters.